The van der Waals surface area contributed by atoms with E-state index in [1.807, 2.05) is 0 Å². The third-order valence-electron chi connectivity index (χ3n) is 2.74. The topological polar surface area (TPSA) is 84.9 Å². The number of carbonyl (C=O) groups excluding carboxylic acids is 2. The van der Waals surface area contributed by atoms with Gasteiger partial charge in [0.1, 0.15) is 11.7 Å². The lowest BCUT2D eigenvalue weighted by molar-refractivity contribution is -0.148. The van der Waals surface area contributed by atoms with Crippen molar-refractivity contribution in [2.75, 3.05) is 6.61 Å². The van der Waals surface area contributed by atoms with E-state index in [2.05, 4.69) is 5.32 Å². The maximum Gasteiger partial charge on any atom is 0.408 e. The van der Waals surface area contributed by atoms with E-state index in [1.165, 1.54) is 0 Å². The maximum atomic E-state index is 12.0. The summed E-state index contributed by atoms with van der Waals surface area (Å²) in [6.07, 6.45) is -2.11. The molecule has 0 spiro atoms. The van der Waals surface area contributed by atoms with Crippen molar-refractivity contribution in [3.63, 3.8) is 0 Å². The number of hydrogen-bond acceptors (Lipinski definition) is 5. The van der Waals surface area contributed by atoms with Crippen LogP contribution in [0.5, 0.6) is 0 Å². The molecule has 0 unspecified atom stereocenters. The van der Waals surface area contributed by atoms with Gasteiger partial charge >= 0.3 is 12.1 Å². The van der Waals surface area contributed by atoms with Crippen molar-refractivity contribution < 1.29 is 24.2 Å². The van der Waals surface area contributed by atoms with Crippen LogP contribution >= 0.6 is 11.6 Å². The van der Waals surface area contributed by atoms with Crippen molar-refractivity contribution >= 4 is 23.7 Å². The van der Waals surface area contributed by atoms with Crippen LogP contribution in [0.4, 0.5) is 4.79 Å². The molecule has 1 rings (SSSR count). The van der Waals surface area contributed by atoms with Gasteiger partial charge in [-0.15, -0.1) is 0 Å². The lowest BCUT2D eigenvalue weighted by Crippen LogP contribution is -2.47. The second kappa shape index (κ2) is 8.17. The minimum atomic E-state index is -1.29. The molecule has 0 aromatic heterocycles. The highest BCUT2D eigenvalue weighted by atomic mass is 35.5. The zero-order valence-electron chi connectivity index (χ0n) is 13.6. The van der Waals surface area contributed by atoms with Gasteiger partial charge in [-0.3, -0.25) is 0 Å². The highest BCUT2D eigenvalue weighted by Crippen LogP contribution is 2.21. The van der Waals surface area contributed by atoms with E-state index in [0.717, 1.165) is 0 Å². The Hall–Kier alpha value is -1.79. The maximum absolute atomic E-state index is 12.0. The standard InChI is InChI=1S/C16H22ClNO5/c1-5-22-14(20)12(18-15(21)23-16(2,3)4)13(19)10-6-8-11(17)9-7-10/h6-9,12-13,19H,5H2,1-4H3,(H,18,21)/t12-,13-/m1/s1. The molecule has 0 radical (unpaired) electrons. The molecule has 128 valence electrons. The van der Waals surface area contributed by atoms with Gasteiger partial charge in [0.25, 0.3) is 0 Å². The number of aliphatic hydroxyl groups is 1. The second-order valence-corrected chi connectivity index (χ2v) is 6.31. The fourth-order valence-electron chi connectivity index (χ4n) is 1.79. The average Bonchev–Trinajstić information content (AvgIpc) is 2.43. The van der Waals surface area contributed by atoms with E-state index in [4.69, 9.17) is 21.1 Å². The minimum Gasteiger partial charge on any atom is -0.464 e. The van der Waals surface area contributed by atoms with Crippen molar-refractivity contribution in [1.82, 2.24) is 5.32 Å². The van der Waals surface area contributed by atoms with Gasteiger partial charge < -0.3 is 19.9 Å². The number of amides is 1. The Kier molecular flexibility index (Phi) is 6.84. The van der Waals surface area contributed by atoms with Gasteiger partial charge in [-0.05, 0) is 45.4 Å². The normalized spacial score (nSPS) is 13.8. The SMILES string of the molecule is CCOC(=O)[C@H](NC(=O)OC(C)(C)C)[C@H](O)c1ccc(Cl)cc1. The number of nitrogens with one attached hydrogen (secondary N) is 1. The Morgan fingerprint density at radius 3 is 2.30 bits per heavy atom. The molecule has 1 amide bonds. The fraction of sp³-hybridized carbons (Fsp3) is 0.500. The molecule has 6 nitrogen and oxygen atoms in total. The van der Waals surface area contributed by atoms with Crippen LogP contribution in [-0.4, -0.2) is 35.4 Å². The Bertz CT molecular complexity index is 538. The predicted molar refractivity (Wildman–Crippen MR) is 86.2 cm³/mol. The molecule has 2 N–H and O–H groups in total. The first-order valence-corrected chi connectivity index (χ1v) is 7.61. The minimum absolute atomic E-state index is 0.124. The molecule has 23 heavy (non-hydrogen) atoms. The molecule has 0 bridgehead atoms. The second-order valence-electron chi connectivity index (χ2n) is 5.87. The van der Waals surface area contributed by atoms with Gasteiger partial charge in [-0.2, -0.15) is 0 Å². The number of rotatable bonds is 5. The molecule has 0 heterocycles. The number of carbonyl (C=O) groups is 2. The van der Waals surface area contributed by atoms with Gasteiger partial charge in [0.15, 0.2) is 6.04 Å². The summed E-state index contributed by atoms with van der Waals surface area (Å²) in [7, 11) is 0. The summed E-state index contributed by atoms with van der Waals surface area (Å²) >= 11 is 5.80. The van der Waals surface area contributed by atoms with Crippen LogP contribution in [0.1, 0.15) is 39.4 Å². The Labute approximate surface area is 140 Å². The molecule has 0 aliphatic carbocycles. The fourth-order valence-corrected chi connectivity index (χ4v) is 1.91. The zero-order valence-corrected chi connectivity index (χ0v) is 14.4. The largest absolute Gasteiger partial charge is 0.464 e. The number of esters is 1. The molecule has 1 aromatic rings. The van der Waals surface area contributed by atoms with Gasteiger partial charge in [0.05, 0.1) is 6.61 Å². The first-order chi connectivity index (χ1) is 10.6. The molecule has 0 saturated heterocycles. The van der Waals surface area contributed by atoms with Crippen LogP contribution in [0.2, 0.25) is 5.02 Å². The van der Waals surface area contributed by atoms with Crippen LogP contribution in [0.25, 0.3) is 0 Å². The summed E-state index contributed by atoms with van der Waals surface area (Å²) < 4.78 is 10.0. The van der Waals surface area contributed by atoms with Crippen LogP contribution in [0.3, 0.4) is 0 Å². The van der Waals surface area contributed by atoms with Crippen LogP contribution in [-0.2, 0) is 14.3 Å². The van der Waals surface area contributed by atoms with Crippen LogP contribution in [0, 0.1) is 0 Å². The van der Waals surface area contributed by atoms with Gasteiger partial charge in [-0.25, -0.2) is 9.59 Å². The van der Waals surface area contributed by atoms with Crippen molar-refractivity contribution in [3.05, 3.63) is 34.9 Å². The van der Waals surface area contributed by atoms with Gasteiger partial charge in [-0.1, -0.05) is 23.7 Å². The summed E-state index contributed by atoms with van der Waals surface area (Å²) in [6.45, 7) is 6.85. The monoisotopic (exact) mass is 343 g/mol. The van der Waals surface area contributed by atoms with Crippen molar-refractivity contribution in [3.8, 4) is 0 Å². The Morgan fingerprint density at radius 1 is 1.26 bits per heavy atom. The quantitative estimate of drug-likeness (QED) is 0.803. The average molecular weight is 344 g/mol. The number of halogens is 1. The summed E-state index contributed by atoms with van der Waals surface area (Å²) in [5.74, 6) is -0.749. The number of aliphatic hydroxyl groups excluding tert-OH is 1. The third kappa shape index (κ3) is 6.46. The lowest BCUT2D eigenvalue weighted by Gasteiger charge is -2.25. The molecule has 0 saturated carbocycles. The smallest absolute Gasteiger partial charge is 0.408 e. The highest BCUT2D eigenvalue weighted by molar-refractivity contribution is 6.30. The van der Waals surface area contributed by atoms with E-state index in [9.17, 15) is 14.7 Å². The number of ether oxygens (including phenoxy) is 2. The summed E-state index contributed by atoms with van der Waals surface area (Å²) in [5.41, 5.74) is -0.308. The molecular weight excluding hydrogens is 322 g/mol. The number of benzene rings is 1. The van der Waals surface area contributed by atoms with E-state index in [-0.39, 0.29) is 6.61 Å². The van der Waals surface area contributed by atoms with Crippen LogP contribution in [0.15, 0.2) is 24.3 Å². The lowest BCUT2D eigenvalue weighted by atomic mass is 10.0. The highest BCUT2D eigenvalue weighted by Gasteiger charge is 2.32. The van der Waals surface area contributed by atoms with Gasteiger partial charge in [0.2, 0.25) is 0 Å². The van der Waals surface area contributed by atoms with E-state index < -0.39 is 29.8 Å². The molecule has 0 aliphatic heterocycles. The molecule has 1 aromatic carbocycles. The summed E-state index contributed by atoms with van der Waals surface area (Å²) in [4.78, 5) is 23.9. The predicted octanol–water partition coefficient (Wildman–Crippen LogP) is 2.83. The molecule has 0 aliphatic rings. The third-order valence-corrected chi connectivity index (χ3v) is 2.99. The Balaban J connectivity index is 2.93. The van der Waals surface area contributed by atoms with E-state index in [0.29, 0.717) is 10.6 Å². The van der Waals surface area contributed by atoms with E-state index in [1.54, 1.807) is 52.0 Å². The summed E-state index contributed by atoms with van der Waals surface area (Å²) in [5, 5.41) is 13.2. The Morgan fingerprint density at radius 2 is 1.83 bits per heavy atom. The van der Waals surface area contributed by atoms with Crippen molar-refractivity contribution in [1.29, 1.82) is 0 Å². The van der Waals surface area contributed by atoms with Gasteiger partial charge in [0, 0.05) is 5.02 Å². The molecule has 0 fully saturated rings. The molecule has 2 atom stereocenters. The first-order valence-electron chi connectivity index (χ1n) is 7.23. The first kappa shape index (κ1) is 19.3. The molecule has 7 heteroatoms. The number of alkyl carbamates (subject to hydrolysis) is 1. The van der Waals surface area contributed by atoms with Crippen molar-refractivity contribution in [2.24, 2.45) is 0 Å². The molecular formula is C16H22ClNO5. The van der Waals surface area contributed by atoms with Crippen molar-refractivity contribution in [2.45, 2.75) is 45.4 Å². The zero-order chi connectivity index (χ0) is 17.6. The van der Waals surface area contributed by atoms with E-state index >= 15 is 0 Å². The summed E-state index contributed by atoms with van der Waals surface area (Å²) in [6, 6.07) is 5.00. The number of hydrogen-bond donors (Lipinski definition) is 2. The van der Waals surface area contributed by atoms with Crippen LogP contribution < -0.4 is 5.32 Å².